The number of hydrogen-bond acceptors (Lipinski definition) is 3. The zero-order valence-electron chi connectivity index (χ0n) is 16.5. The molecule has 0 aromatic heterocycles. The van der Waals surface area contributed by atoms with Crippen LogP contribution in [0.25, 0.3) is 0 Å². The van der Waals surface area contributed by atoms with Crippen LogP contribution in [-0.4, -0.2) is 20.1 Å². The lowest BCUT2D eigenvalue weighted by molar-refractivity contribution is -0.121. The van der Waals surface area contributed by atoms with Gasteiger partial charge in [-0.15, -0.1) is 0 Å². The van der Waals surface area contributed by atoms with Crippen molar-refractivity contribution in [1.82, 2.24) is 5.32 Å². The van der Waals surface area contributed by atoms with E-state index in [4.69, 9.17) is 9.47 Å². The lowest BCUT2D eigenvalue weighted by atomic mass is 9.98. The second-order valence-corrected chi connectivity index (χ2v) is 6.75. The van der Waals surface area contributed by atoms with Crippen LogP contribution < -0.4 is 14.8 Å². The summed E-state index contributed by atoms with van der Waals surface area (Å²) in [5.74, 6) is 1.11. The predicted octanol–water partition coefficient (Wildman–Crippen LogP) is 4.49. The van der Waals surface area contributed by atoms with Gasteiger partial charge in [-0.2, -0.15) is 0 Å². The Morgan fingerprint density at radius 3 is 1.90 bits per heavy atom. The van der Waals surface area contributed by atoms with E-state index in [1.165, 1.54) is 12.1 Å². The minimum absolute atomic E-state index is 0.120. The van der Waals surface area contributed by atoms with Gasteiger partial charge in [0.2, 0.25) is 5.91 Å². The highest BCUT2D eigenvalue weighted by molar-refractivity contribution is 5.79. The second kappa shape index (κ2) is 9.73. The summed E-state index contributed by atoms with van der Waals surface area (Å²) in [6.07, 6.45) is 0.820. The Morgan fingerprint density at radius 1 is 0.828 bits per heavy atom. The third kappa shape index (κ3) is 5.82. The molecular weight excluding hydrogens is 369 g/mol. The minimum atomic E-state index is -0.315. The van der Waals surface area contributed by atoms with E-state index >= 15 is 0 Å². The number of methoxy groups -OCH3 is 2. The first-order valence-corrected chi connectivity index (χ1v) is 9.38. The molecule has 4 nitrogen and oxygen atoms in total. The number of nitrogens with one attached hydrogen (secondary N) is 1. The molecule has 3 rings (SSSR count). The molecule has 0 unspecified atom stereocenters. The van der Waals surface area contributed by atoms with Crippen LogP contribution in [-0.2, 0) is 17.6 Å². The number of benzene rings is 3. The molecule has 5 heteroatoms. The Morgan fingerprint density at radius 2 is 1.34 bits per heavy atom. The number of carbonyl (C=O) groups is 1. The summed E-state index contributed by atoms with van der Waals surface area (Å²) in [6.45, 7) is 0. The standard InChI is InChI=1S/C24H24FNO3/c1-28-21-11-5-17(6-12-21)15-23(19-7-13-22(29-2)14-8-19)26-24(27)16-18-3-9-20(25)10-4-18/h3-14,23H,15-16H2,1-2H3,(H,26,27)/t23-/m0/s1. The number of halogens is 1. The van der Waals surface area contributed by atoms with E-state index in [0.29, 0.717) is 6.42 Å². The molecule has 0 heterocycles. The first kappa shape index (κ1) is 20.4. The molecule has 0 saturated carbocycles. The fourth-order valence-electron chi connectivity index (χ4n) is 3.12. The van der Waals surface area contributed by atoms with Crippen molar-refractivity contribution < 1.29 is 18.7 Å². The fourth-order valence-corrected chi connectivity index (χ4v) is 3.12. The summed E-state index contributed by atoms with van der Waals surface area (Å²) in [4.78, 5) is 12.6. The van der Waals surface area contributed by atoms with Crippen molar-refractivity contribution in [2.45, 2.75) is 18.9 Å². The van der Waals surface area contributed by atoms with E-state index in [2.05, 4.69) is 5.32 Å². The van der Waals surface area contributed by atoms with Gasteiger partial charge in [-0.25, -0.2) is 4.39 Å². The van der Waals surface area contributed by atoms with Gasteiger partial charge < -0.3 is 14.8 Å². The van der Waals surface area contributed by atoms with Crippen molar-refractivity contribution in [2.24, 2.45) is 0 Å². The van der Waals surface area contributed by atoms with Crippen LogP contribution in [0.4, 0.5) is 4.39 Å². The molecule has 0 spiro atoms. The molecular formula is C24H24FNO3. The van der Waals surface area contributed by atoms with Crippen molar-refractivity contribution >= 4 is 5.91 Å². The van der Waals surface area contributed by atoms with Gasteiger partial charge in [0.15, 0.2) is 0 Å². The van der Waals surface area contributed by atoms with Crippen LogP contribution in [0.3, 0.4) is 0 Å². The molecule has 1 amide bonds. The first-order valence-electron chi connectivity index (χ1n) is 9.38. The second-order valence-electron chi connectivity index (χ2n) is 6.75. The summed E-state index contributed by atoms with van der Waals surface area (Å²) in [6, 6.07) is 21.2. The van der Waals surface area contributed by atoms with Gasteiger partial charge in [0.05, 0.1) is 26.7 Å². The van der Waals surface area contributed by atoms with Gasteiger partial charge in [-0.1, -0.05) is 36.4 Å². The lowest BCUT2D eigenvalue weighted by Gasteiger charge is -2.20. The van der Waals surface area contributed by atoms with Crippen molar-refractivity contribution in [1.29, 1.82) is 0 Å². The maximum atomic E-state index is 13.1. The van der Waals surface area contributed by atoms with E-state index in [1.807, 2.05) is 48.5 Å². The molecule has 1 N–H and O–H groups in total. The topological polar surface area (TPSA) is 47.6 Å². The highest BCUT2D eigenvalue weighted by Gasteiger charge is 2.16. The van der Waals surface area contributed by atoms with Crippen LogP contribution in [0.5, 0.6) is 11.5 Å². The van der Waals surface area contributed by atoms with Crippen LogP contribution in [0.2, 0.25) is 0 Å². The van der Waals surface area contributed by atoms with Crippen LogP contribution in [0.15, 0.2) is 72.8 Å². The average Bonchev–Trinajstić information content (AvgIpc) is 2.75. The van der Waals surface area contributed by atoms with Crippen molar-refractivity contribution in [3.05, 3.63) is 95.3 Å². The molecule has 150 valence electrons. The minimum Gasteiger partial charge on any atom is -0.497 e. The van der Waals surface area contributed by atoms with E-state index in [1.54, 1.807) is 26.4 Å². The van der Waals surface area contributed by atoms with Gasteiger partial charge >= 0.3 is 0 Å². The van der Waals surface area contributed by atoms with Gasteiger partial charge in [0, 0.05) is 0 Å². The molecule has 0 fully saturated rings. The number of ether oxygens (including phenoxy) is 2. The van der Waals surface area contributed by atoms with E-state index in [-0.39, 0.29) is 24.2 Å². The molecule has 0 saturated heterocycles. The molecule has 1 atom stereocenters. The highest BCUT2D eigenvalue weighted by Crippen LogP contribution is 2.23. The van der Waals surface area contributed by atoms with E-state index < -0.39 is 0 Å². The first-order chi connectivity index (χ1) is 14.1. The van der Waals surface area contributed by atoms with Crippen molar-refractivity contribution in [3.8, 4) is 11.5 Å². The SMILES string of the molecule is COc1ccc(C[C@H](NC(=O)Cc2ccc(F)cc2)c2ccc(OC)cc2)cc1. The van der Waals surface area contributed by atoms with E-state index in [0.717, 1.165) is 28.2 Å². The molecule has 0 radical (unpaired) electrons. The van der Waals surface area contributed by atoms with Gasteiger partial charge in [-0.05, 0) is 59.5 Å². The van der Waals surface area contributed by atoms with Crippen molar-refractivity contribution in [3.63, 3.8) is 0 Å². The monoisotopic (exact) mass is 393 g/mol. The number of amides is 1. The summed E-state index contributed by atoms with van der Waals surface area (Å²) in [7, 11) is 3.25. The smallest absolute Gasteiger partial charge is 0.224 e. The molecule has 0 aliphatic carbocycles. The Kier molecular flexibility index (Phi) is 6.85. The zero-order valence-corrected chi connectivity index (χ0v) is 16.5. The molecule has 0 aliphatic rings. The van der Waals surface area contributed by atoms with Crippen LogP contribution >= 0.6 is 0 Å². The summed E-state index contributed by atoms with van der Waals surface area (Å²) < 4.78 is 23.5. The number of carbonyl (C=O) groups excluding carboxylic acids is 1. The molecule has 0 bridgehead atoms. The third-order valence-corrected chi connectivity index (χ3v) is 4.73. The van der Waals surface area contributed by atoms with Gasteiger partial charge in [-0.3, -0.25) is 4.79 Å². The Bertz CT molecular complexity index is 922. The Labute approximate surface area is 170 Å². The summed E-state index contributed by atoms with van der Waals surface area (Å²) in [5, 5.41) is 3.11. The summed E-state index contributed by atoms with van der Waals surface area (Å²) >= 11 is 0. The van der Waals surface area contributed by atoms with Gasteiger partial charge in [0.1, 0.15) is 17.3 Å². The number of hydrogen-bond donors (Lipinski definition) is 1. The zero-order chi connectivity index (χ0) is 20.6. The molecule has 3 aromatic carbocycles. The normalized spacial score (nSPS) is 11.6. The lowest BCUT2D eigenvalue weighted by Crippen LogP contribution is -2.31. The maximum Gasteiger partial charge on any atom is 0.224 e. The van der Waals surface area contributed by atoms with E-state index in [9.17, 15) is 9.18 Å². The largest absolute Gasteiger partial charge is 0.497 e. The fraction of sp³-hybridized carbons (Fsp3) is 0.208. The maximum absolute atomic E-state index is 13.1. The molecule has 29 heavy (non-hydrogen) atoms. The average molecular weight is 393 g/mol. The Hall–Kier alpha value is -3.34. The van der Waals surface area contributed by atoms with Crippen molar-refractivity contribution in [2.75, 3.05) is 14.2 Å². The Balaban J connectivity index is 1.76. The molecule has 3 aromatic rings. The van der Waals surface area contributed by atoms with Crippen LogP contribution in [0.1, 0.15) is 22.7 Å². The third-order valence-electron chi connectivity index (χ3n) is 4.73. The summed E-state index contributed by atoms with van der Waals surface area (Å²) in [5.41, 5.74) is 2.82. The van der Waals surface area contributed by atoms with Gasteiger partial charge in [0.25, 0.3) is 0 Å². The predicted molar refractivity (Wildman–Crippen MR) is 111 cm³/mol. The molecule has 0 aliphatic heterocycles. The quantitative estimate of drug-likeness (QED) is 0.614. The highest BCUT2D eigenvalue weighted by atomic mass is 19.1. The number of rotatable bonds is 8. The van der Waals surface area contributed by atoms with Crippen LogP contribution in [0, 0.1) is 5.82 Å².